The van der Waals surface area contributed by atoms with Gasteiger partial charge in [0.05, 0.1) is 17.4 Å². The quantitative estimate of drug-likeness (QED) is 0.673. The third-order valence-corrected chi connectivity index (χ3v) is 3.78. The number of hydrogen-bond acceptors (Lipinski definition) is 3. The summed E-state index contributed by atoms with van der Waals surface area (Å²) in [7, 11) is 0. The molecule has 0 aliphatic heterocycles. The van der Waals surface area contributed by atoms with Crippen molar-refractivity contribution in [2.45, 2.75) is 0 Å². The Morgan fingerprint density at radius 1 is 1.14 bits per heavy atom. The second-order valence-electron chi connectivity index (χ2n) is 4.71. The third-order valence-electron chi connectivity index (χ3n) is 3.06. The van der Waals surface area contributed by atoms with Crippen LogP contribution in [0.4, 0.5) is 5.69 Å². The third kappa shape index (κ3) is 3.73. The van der Waals surface area contributed by atoms with Gasteiger partial charge in [0, 0.05) is 8.96 Å². The van der Waals surface area contributed by atoms with E-state index >= 15 is 0 Å². The van der Waals surface area contributed by atoms with E-state index in [0.717, 1.165) is 14.5 Å². The van der Waals surface area contributed by atoms with Crippen molar-refractivity contribution in [3.63, 3.8) is 0 Å². The number of pyridine rings is 1. The summed E-state index contributed by atoms with van der Waals surface area (Å²) in [5, 5.41) is 3.77. The van der Waals surface area contributed by atoms with Crippen molar-refractivity contribution in [1.82, 2.24) is 4.98 Å². The number of para-hydroxylation sites is 1. The molecule has 0 bridgehead atoms. The van der Waals surface area contributed by atoms with Gasteiger partial charge >= 0.3 is 0 Å². The molecule has 0 spiro atoms. The summed E-state index contributed by atoms with van der Waals surface area (Å²) in [5.74, 6) is 0.461. The smallest absolute Gasteiger partial charge is 0.262 e. The summed E-state index contributed by atoms with van der Waals surface area (Å²) in [4.78, 5) is 16.2. The fourth-order valence-electron chi connectivity index (χ4n) is 2.02. The minimum Gasteiger partial charge on any atom is -0.484 e. The normalized spacial score (nSPS) is 10.4. The number of halogens is 1. The van der Waals surface area contributed by atoms with Gasteiger partial charge in [-0.05, 0) is 59.0 Å². The van der Waals surface area contributed by atoms with E-state index in [1.54, 1.807) is 6.20 Å². The van der Waals surface area contributed by atoms with Crippen LogP contribution >= 0.6 is 22.6 Å². The highest BCUT2D eigenvalue weighted by molar-refractivity contribution is 14.1. The van der Waals surface area contributed by atoms with Gasteiger partial charge in [-0.25, -0.2) is 0 Å². The molecule has 1 aromatic heterocycles. The van der Waals surface area contributed by atoms with Gasteiger partial charge in [0.1, 0.15) is 5.75 Å². The predicted octanol–water partition coefficient (Wildman–Crippen LogP) is 3.86. The van der Waals surface area contributed by atoms with Crippen molar-refractivity contribution < 1.29 is 9.53 Å². The highest BCUT2D eigenvalue weighted by Gasteiger charge is 2.05. The van der Waals surface area contributed by atoms with E-state index in [2.05, 4.69) is 32.9 Å². The molecule has 4 nitrogen and oxygen atoms in total. The molecule has 0 saturated heterocycles. The lowest BCUT2D eigenvalue weighted by molar-refractivity contribution is -0.118. The Morgan fingerprint density at radius 2 is 1.91 bits per heavy atom. The minimum absolute atomic E-state index is 0.0343. The number of aromatic nitrogens is 1. The van der Waals surface area contributed by atoms with Gasteiger partial charge in [0.2, 0.25) is 0 Å². The van der Waals surface area contributed by atoms with Gasteiger partial charge in [-0.1, -0.05) is 18.2 Å². The number of ether oxygens (including phenoxy) is 1. The summed E-state index contributed by atoms with van der Waals surface area (Å²) >= 11 is 2.22. The summed E-state index contributed by atoms with van der Waals surface area (Å²) in [6, 6.07) is 17.2. The molecule has 0 radical (unpaired) electrons. The summed E-state index contributed by atoms with van der Waals surface area (Å²) in [6.07, 6.45) is 1.64. The molecule has 22 heavy (non-hydrogen) atoms. The molecule has 1 amide bonds. The molecule has 1 N–H and O–H groups in total. The first kappa shape index (κ1) is 14.8. The van der Waals surface area contributed by atoms with Gasteiger partial charge in [-0.15, -0.1) is 0 Å². The summed E-state index contributed by atoms with van der Waals surface area (Å²) in [5.41, 5.74) is 1.56. The van der Waals surface area contributed by atoms with E-state index in [1.807, 2.05) is 54.6 Å². The number of carbonyl (C=O) groups excluding carboxylic acids is 1. The van der Waals surface area contributed by atoms with E-state index < -0.39 is 0 Å². The monoisotopic (exact) mass is 404 g/mol. The van der Waals surface area contributed by atoms with E-state index in [4.69, 9.17) is 4.74 Å². The molecule has 110 valence electrons. The second kappa shape index (κ2) is 6.74. The van der Waals surface area contributed by atoms with Crippen molar-refractivity contribution in [1.29, 1.82) is 0 Å². The zero-order valence-electron chi connectivity index (χ0n) is 11.6. The molecule has 0 atom stereocenters. The molecule has 0 aliphatic rings. The van der Waals surface area contributed by atoms with E-state index in [0.29, 0.717) is 11.4 Å². The number of carbonyl (C=O) groups is 1. The number of anilines is 1. The maximum atomic E-state index is 11.9. The number of nitrogens with one attached hydrogen (secondary N) is 1. The average molecular weight is 404 g/mol. The van der Waals surface area contributed by atoms with E-state index in [-0.39, 0.29) is 12.5 Å². The molecule has 0 aliphatic carbocycles. The summed E-state index contributed by atoms with van der Waals surface area (Å²) in [6.45, 7) is -0.0343. The molecule has 2 aromatic carbocycles. The number of amides is 1. The molecule has 0 fully saturated rings. The predicted molar refractivity (Wildman–Crippen MR) is 95.0 cm³/mol. The number of nitrogens with zero attached hydrogens (tertiary/aromatic N) is 1. The molecule has 0 unspecified atom stereocenters. The van der Waals surface area contributed by atoms with Gasteiger partial charge in [0.25, 0.3) is 5.91 Å². The van der Waals surface area contributed by atoms with Crippen LogP contribution < -0.4 is 10.1 Å². The maximum absolute atomic E-state index is 11.9. The Bertz CT molecular complexity index is 803. The van der Waals surface area contributed by atoms with Crippen LogP contribution in [0.2, 0.25) is 0 Å². The first-order valence-corrected chi connectivity index (χ1v) is 7.81. The topological polar surface area (TPSA) is 51.2 Å². The van der Waals surface area contributed by atoms with Crippen LogP contribution in [0.25, 0.3) is 10.9 Å². The highest BCUT2D eigenvalue weighted by atomic mass is 127. The lowest BCUT2D eigenvalue weighted by atomic mass is 10.2. The first-order valence-electron chi connectivity index (χ1n) is 6.74. The van der Waals surface area contributed by atoms with Crippen LogP contribution in [0.3, 0.4) is 0 Å². The van der Waals surface area contributed by atoms with Crippen molar-refractivity contribution >= 4 is 45.1 Å². The van der Waals surface area contributed by atoms with Gasteiger partial charge in [-0.3, -0.25) is 9.78 Å². The lowest BCUT2D eigenvalue weighted by Crippen LogP contribution is -2.20. The van der Waals surface area contributed by atoms with E-state index in [1.165, 1.54) is 0 Å². The zero-order valence-corrected chi connectivity index (χ0v) is 13.8. The van der Waals surface area contributed by atoms with Crippen LogP contribution in [0.1, 0.15) is 0 Å². The van der Waals surface area contributed by atoms with Crippen molar-refractivity contribution in [3.8, 4) is 5.75 Å². The fraction of sp³-hybridized carbons (Fsp3) is 0.0588. The zero-order chi connectivity index (χ0) is 15.4. The number of rotatable bonds is 4. The van der Waals surface area contributed by atoms with Crippen LogP contribution in [-0.4, -0.2) is 17.5 Å². The van der Waals surface area contributed by atoms with Crippen molar-refractivity contribution in [2.75, 3.05) is 11.9 Å². The second-order valence-corrected chi connectivity index (χ2v) is 5.95. The Labute approximate surface area is 141 Å². The van der Waals surface area contributed by atoms with Crippen molar-refractivity contribution in [2.24, 2.45) is 0 Å². The molecule has 1 heterocycles. The SMILES string of the molecule is O=C(COc1ccc(I)cc1)Nc1cnc2ccccc2c1. The Hall–Kier alpha value is -2.15. The molecular weight excluding hydrogens is 391 g/mol. The van der Waals surface area contributed by atoms with Crippen LogP contribution in [0.15, 0.2) is 60.8 Å². The Kier molecular flexibility index (Phi) is 4.53. The van der Waals surface area contributed by atoms with E-state index in [9.17, 15) is 4.79 Å². The number of benzene rings is 2. The van der Waals surface area contributed by atoms with Crippen LogP contribution in [0, 0.1) is 3.57 Å². The standard InChI is InChI=1S/C17H13IN2O2/c18-13-5-7-15(8-6-13)22-11-17(21)20-14-9-12-3-1-2-4-16(12)19-10-14/h1-10H,11H2,(H,20,21). The lowest BCUT2D eigenvalue weighted by Gasteiger charge is -2.08. The Morgan fingerprint density at radius 3 is 2.73 bits per heavy atom. The van der Waals surface area contributed by atoms with Crippen molar-refractivity contribution in [3.05, 3.63) is 64.4 Å². The van der Waals surface area contributed by atoms with Crippen LogP contribution in [-0.2, 0) is 4.79 Å². The Balaban J connectivity index is 1.61. The van der Waals surface area contributed by atoms with Gasteiger partial charge in [0.15, 0.2) is 6.61 Å². The van der Waals surface area contributed by atoms with Crippen LogP contribution in [0.5, 0.6) is 5.75 Å². The molecule has 5 heteroatoms. The van der Waals surface area contributed by atoms with Gasteiger partial charge < -0.3 is 10.1 Å². The first-order chi connectivity index (χ1) is 10.7. The summed E-state index contributed by atoms with van der Waals surface area (Å²) < 4.78 is 6.57. The van der Waals surface area contributed by atoms with Gasteiger partial charge in [-0.2, -0.15) is 0 Å². The average Bonchev–Trinajstić information content (AvgIpc) is 2.54. The minimum atomic E-state index is -0.212. The molecule has 0 saturated carbocycles. The maximum Gasteiger partial charge on any atom is 0.262 e. The molecular formula is C17H13IN2O2. The number of fused-ring (bicyclic) bond motifs is 1. The molecule has 3 aromatic rings. The highest BCUT2D eigenvalue weighted by Crippen LogP contribution is 2.16. The molecule has 3 rings (SSSR count). The number of hydrogen-bond donors (Lipinski definition) is 1. The largest absolute Gasteiger partial charge is 0.484 e. The fourth-order valence-corrected chi connectivity index (χ4v) is 2.38.